The molecule has 5 heteroatoms. The van der Waals surface area contributed by atoms with Gasteiger partial charge in [-0.1, -0.05) is 0 Å². The summed E-state index contributed by atoms with van der Waals surface area (Å²) in [6.45, 7) is 6.97. The molecule has 0 bridgehead atoms. The lowest BCUT2D eigenvalue weighted by molar-refractivity contribution is 0.0936. The molecule has 0 spiro atoms. The fourth-order valence-electron chi connectivity index (χ4n) is 2.70. The number of fused-ring (bicyclic) bond motifs is 1. The maximum absolute atomic E-state index is 12.2. The Kier molecular flexibility index (Phi) is 4.42. The fraction of sp³-hybridized carbons (Fsp3) is 0.438. The highest BCUT2D eigenvalue weighted by atomic mass is 32.1. The number of hydrogen-bond donors (Lipinski definition) is 1. The van der Waals surface area contributed by atoms with Crippen molar-refractivity contribution in [3.8, 4) is 0 Å². The fourth-order valence-corrected chi connectivity index (χ4v) is 4.43. The SMILES string of the molecule is Cc1ccsc1C(=O)NC[C@H](C)N1CCc2sccc2C1. The summed E-state index contributed by atoms with van der Waals surface area (Å²) in [6.07, 6.45) is 1.13. The number of nitrogens with one attached hydrogen (secondary N) is 1. The number of thiophene rings is 2. The van der Waals surface area contributed by atoms with Crippen molar-refractivity contribution in [2.45, 2.75) is 32.9 Å². The highest BCUT2D eigenvalue weighted by molar-refractivity contribution is 7.12. The Balaban J connectivity index is 1.54. The van der Waals surface area contributed by atoms with Crippen molar-refractivity contribution in [2.24, 2.45) is 0 Å². The summed E-state index contributed by atoms with van der Waals surface area (Å²) in [6, 6.07) is 4.58. The van der Waals surface area contributed by atoms with Crippen molar-refractivity contribution in [2.75, 3.05) is 13.1 Å². The van der Waals surface area contributed by atoms with Crippen LogP contribution in [0.25, 0.3) is 0 Å². The quantitative estimate of drug-likeness (QED) is 0.937. The molecule has 1 N–H and O–H groups in total. The van der Waals surface area contributed by atoms with Crippen molar-refractivity contribution in [1.29, 1.82) is 0 Å². The summed E-state index contributed by atoms with van der Waals surface area (Å²) in [5, 5.41) is 7.22. The lowest BCUT2D eigenvalue weighted by Crippen LogP contribution is -2.44. The Hall–Kier alpha value is -1.17. The van der Waals surface area contributed by atoms with Gasteiger partial charge in [0, 0.05) is 30.6 Å². The molecule has 0 fully saturated rings. The van der Waals surface area contributed by atoms with Crippen LogP contribution in [0.2, 0.25) is 0 Å². The van der Waals surface area contributed by atoms with Crippen LogP contribution in [0.4, 0.5) is 0 Å². The summed E-state index contributed by atoms with van der Waals surface area (Å²) >= 11 is 3.37. The minimum atomic E-state index is 0.0579. The number of rotatable bonds is 4. The first-order chi connectivity index (χ1) is 10.1. The van der Waals surface area contributed by atoms with Crippen LogP contribution in [0, 0.1) is 6.92 Å². The molecule has 0 radical (unpaired) electrons. The molecular weight excluding hydrogens is 300 g/mol. The number of aryl methyl sites for hydroxylation is 1. The van der Waals surface area contributed by atoms with Gasteiger partial charge in [-0.3, -0.25) is 9.69 Å². The van der Waals surface area contributed by atoms with Crippen LogP contribution in [0.15, 0.2) is 22.9 Å². The van der Waals surface area contributed by atoms with Crippen LogP contribution in [-0.2, 0) is 13.0 Å². The average molecular weight is 320 g/mol. The van der Waals surface area contributed by atoms with E-state index in [1.54, 1.807) is 0 Å². The molecule has 0 aliphatic carbocycles. The van der Waals surface area contributed by atoms with Crippen LogP contribution >= 0.6 is 22.7 Å². The van der Waals surface area contributed by atoms with E-state index in [0.29, 0.717) is 12.6 Å². The normalized spacial score (nSPS) is 16.5. The maximum atomic E-state index is 12.2. The molecule has 3 heterocycles. The highest BCUT2D eigenvalue weighted by Crippen LogP contribution is 2.25. The second kappa shape index (κ2) is 6.30. The predicted octanol–water partition coefficient (Wildman–Crippen LogP) is 3.29. The molecule has 0 aromatic carbocycles. The number of carbonyl (C=O) groups is 1. The maximum Gasteiger partial charge on any atom is 0.261 e. The lowest BCUT2D eigenvalue weighted by Gasteiger charge is -2.32. The lowest BCUT2D eigenvalue weighted by atomic mass is 10.1. The first-order valence-electron chi connectivity index (χ1n) is 7.26. The molecule has 1 aliphatic rings. The van der Waals surface area contributed by atoms with Crippen LogP contribution in [0.3, 0.4) is 0 Å². The van der Waals surface area contributed by atoms with Gasteiger partial charge in [0.25, 0.3) is 5.91 Å². The highest BCUT2D eigenvalue weighted by Gasteiger charge is 2.22. The van der Waals surface area contributed by atoms with Crippen molar-refractivity contribution < 1.29 is 4.79 Å². The summed E-state index contributed by atoms with van der Waals surface area (Å²) in [4.78, 5) is 17.0. The Bertz CT molecular complexity index is 632. The molecule has 1 atom stereocenters. The van der Waals surface area contributed by atoms with Gasteiger partial charge < -0.3 is 5.32 Å². The molecule has 2 aromatic heterocycles. The van der Waals surface area contributed by atoms with Crippen LogP contribution in [0.5, 0.6) is 0 Å². The van der Waals surface area contributed by atoms with Gasteiger partial charge in [-0.05, 0) is 54.3 Å². The van der Waals surface area contributed by atoms with Crippen LogP contribution < -0.4 is 5.32 Å². The summed E-state index contributed by atoms with van der Waals surface area (Å²) < 4.78 is 0. The average Bonchev–Trinajstić information content (AvgIpc) is 3.11. The summed E-state index contributed by atoms with van der Waals surface area (Å²) in [5.41, 5.74) is 2.52. The number of nitrogens with zero attached hydrogens (tertiary/aromatic N) is 1. The number of hydrogen-bond acceptors (Lipinski definition) is 4. The molecule has 3 nitrogen and oxygen atoms in total. The van der Waals surface area contributed by atoms with Gasteiger partial charge in [-0.25, -0.2) is 0 Å². The third kappa shape index (κ3) is 3.20. The Labute approximate surface area is 133 Å². The Morgan fingerprint density at radius 1 is 1.38 bits per heavy atom. The predicted molar refractivity (Wildman–Crippen MR) is 89.3 cm³/mol. The van der Waals surface area contributed by atoms with E-state index >= 15 is 0 Å². The molecule has 21 heavy (non-hydrogen) atoms. The molecular formula is C16H20N2OS2. The van der Waals surface area contributed by atoms with Crippen molar-refractivity contribution >= 4 is 28.6 Å². The second-order valence-corrected chi connectivity index (χ2v) is 7.50. The standard InChI is InChI=1S/C16H20N2OS2/c1-11-4-7-21-15(11)16(19)17-9-12(2)18-6-3-14-13(10-18)5-8-20-14/h4-5,7-8,12H,3,6,9-10H2,1-2H3,(H,17,19)/t12-/m0/s1. The van der Waals surface area contributed by atoms with E-state index in [2.05, 4.69) is 28.6 Å². The molecule has 1 aliphatic heterocycles. The van der Waals surface area contributed by atoms with Gasteiger partial charge in [-0.15, -0.1) is 22.7 Å². The van der Waals surface area contributed by atoms with E-state index in [4.69, 9.17) is 0 Å². The van der Waals surface area contributed by atoms with E-state index in [1.165, 1.54) is 21.8 Å². The largest absolute Gasteiger partial charge is 0.350 e. The van der Waals surface area contributed by atoms with E-state index in [-0.39, 0.29) is 5.91 Å². The Morgan fingerprint density at radius 2 is 2.19 bits per heavy atom. The molecule has 3 rings (SSSR count). The molecule has 0 unspecified atom stereocenters. The third-order valence-electron chi connectivity index (χ3n) is 4.09. The number of carbonyl (C=O) groups excluding carboxylic acids is 1. The summed E-state index contributed by atoms with van der Waals surface area (Å²) in [7, 11) is 0. The van der Waals surface area contributed by atoms with Crippen molar-refractivity contribution in [3.63, 3.8) is 0 Å². The van der Waals surface area contributed by atoms with Crippen molar-refractivity contribution in [3.05, 3.63) is 43.8 Å². The molecule has 112 valence electrons. The number of amides is 1. The molecule has 0 saturated carbocycles. The smallest absolute Gasteiger partial charge is 0.261 e. The summed E-state index contributed by atoms with van der Waals surface area (Å²) in [5.74, 6) is 0.0579. The van der Waals surface area contributed by atoms with E-state index in [1.807, 2.05) is 29.7 Å². The second-order valence-electron chi connectivity index (χ2n) is 5.58. The van der Waals surface area contributed by atoms with E-state index in [9.17, 15) is 4.79 Å². The topological polar surface area (TPSA) is 32.3 Å². The van der Waals surface area contributed by atoms with Gasteiger partial charge in [0.15, 0.2) is 0 Å². The van der Waals surface area contributed by atoms with Crippen LogP contribution in [0.1, 0.15) is 32.6 Å². The molecule has 0 saturated heterocycles. The molecule has 1 amide bonds. The first-order valence-corrected chi connectivity index (χ1v) is 9.02. The molecule has 2 aromatic rings. The van der Waals surface area contributed by atoms with Gasteiger partial charge >= 0.3 is 0 Å². The zero-order chi connectivity index (χ0) is 14.8. The van der Waals surface area contributed by atoms with E-state index < -0.39 is 0 Å². The first kappa shape index (κ1) is 14.8. The van der Waals surface area contributed by atoms with Gasteiger partial charge in [0.2, 0.25) is 0 Å². The van der Waals surface area contributed by atoms with E-state index in [0.717, 1.165) is 30.0 Å². The Morgan fingerprint density at radius 3 is 2.95 bits per heavy atom. The minimum absolute atomic E-state index is 0.0579. The van der Waals surface area contributed by atoms with Gasteiger partial charge in [0.05, 0.1) is 4.88 Å². The monoisotopic (exact) mass is 320 g/mol. The van der Waals surface area contributed by atoms with Gasteiger partial charge in [0.1, 0.15) is 0 Å². The third-order valence-corrected chi connectivity index (χ3v) is 6.13. The minimum Gasteiger partial charge on any atom is -0.350 e. The van der Waals surface area contributed by atoms with Crippen molar-refractivity contribution in [1.82, 2.24) is 10.2 Å². The van der Waals surface area contributed by atoms with Crippen LogP contribution in [-0.4, -0.2) is 29.9 Å². The van der Waals surface area contributed by atoms with Gasteiger partial charge in [-0.2, -0.15) is 0 Å². The zero-order valence-electron chi connectivity index (χ0n) is 12.4. The zero-order valence-corrected chi connectivity index (χ0v) is 14.0.